The highest BCUT2D eigenvalue weighted by molar-refractivity contribution is 6.00. The van der Waals surface area contributed by atoms with E-state index < -0.39 is 0 Å². The molecule has 6 rings (SSSR count). The van der Waals surface area contributed by atoms with Crippen LogP contribution in [0.3, 0.4) is 0 Å². The number of pyridine rings is 2. The molecule has 6 aromatic rings. The Morgan fingerprint density at radius 1 is 0.862 bits per heavy atom. The first-order valence-electron chi connectivity index (χ1n) is 9.28. The molecule has 0 unspecified atom stereocenters. The third kappa shape index (κ3) is 2.54. The average molecular weight is 377 g/mol. The number of furan rings is 1. The maximum atomic E-state index is 5.27. The molecule has 6 nitrogen and oxygen atoms in total. The summed E-state index contributed by atoms with van der Waals surface area (Å²) in [6.07, 6.45) is 5.21. The lowest BCUT2D eigenvalue weighted by molar-refractivity contribution is 0.568. The van der Waals surface area contributed by atoms with Gasteiger partial charge in [-0.25, -0.2) is 4.98 Å². The van der Waals surface area contributed by atoms with E-state index in [9.17, 15) is 0 Å². The van der Waals surface area contributed by atoms with E-state index in [1.165, 1.54) is 0 Å². The van der Waals surface area contributed by atoms with Crippen LogP contribution in [0.1, 0.15) is 0 Å². The molecule has 0 aliphatic heterocycles. The smallest absolute Gasteiger partial charge is 0.135 e. The summed E-state index contributed by atoms with van der Waals surface area (Å²) in [5.74, 6) is 0. The molecule has 0 aliphatic carbocycles. The van der Waals surface area contributed by atoms with Gasteiger partial charge in [-0.05, 0) is 48.0 Å². The molecule has 5 heterocycles. The summed E-state index contributed by atoms with van der Waals surface area (Å²) in [4.78, 5) is 12.7. The first-order chi connectivity index (χ1) is 14.4. The highest BCUT2D eigenvalue weighted by atomic mass is 16.3. The number of H-pyrrole nitrogens is 2. The van der Waals surface area contributed by atoms with Gasteiger partial charge in [0.15, 0.2) is 0 Å². The molecule has 6 heteroatoms. The van der Waals surface area contributed by atoms with E-state index in [4.69, 9.17) is 9.40 Å². The summed E-state index contributed by atoms with van der Waals surface area (Å²) in [5.41, 5.74) is 8.23. The second-order valence-corrected chi connectivity index (χ2v) is 6.84. The molecule has 0 amide bonds. The molecular weight excluding hydrogens is 362 g/mol. The zero-order valence-corrected chi connectivity index (χ0v) is 15.3. The second kappa shape index (κ2) is 6.17. The number of aromatic nitrogens is 5. The summed E-state index contributed by atoms with van der Waals surface area (Å²) >= 11 is 0. The monoisotopic (exact) mass is 377 g/mol. The summed E-state index contributed by atoms with van der Waals surface area (Å²) < 4.78 is 5.27. The Bertz CT molecular complexity index is 1450. The van der Waals surface area contributed by atoms with Crippen LogP contribution in [0.15, 0.2) is 83.8 Å². The number of aromatic amines is 2. The van der Waals surface area contributed by atoms with E-state index in [2.05, 4.69) is 38.4 Å². The summed E-state index contributed by atoms with van der Waals surface area (Å²) in [6.45, 7) is 0. The SMILES string of the molecule is c1ccc(-c2ccc3[nH]nc(-c4cc5c(-c6ccoc6)cccc5[nH]4)c3n2)nc1. The van der Waals surface area contributed by atoms with E-state index in [0.717, 1.165) is 55.8 Å². The first-order valence-corrected chi connectivity index (χ1v) is 9.28. The normalized spacial score (nSPS) is 11.4. The van der Waals surface area contributed by atoms with Crippen LogP contribution in [-0.2, 0) is 0 Å². The number of nitrogens with one attached hydrogen (secondary N) is 2. The predicted octanol–water partition coefficient (Wildman–Crippen LogP) is 5.43. The number of rotatable bonds is 3. The van der Waals surface area contributed by atoms with E-state index in [0.29, 0.717) is 0 Å². The van der Waals surface area contributed by atoms with Crippen LogP contribution in [0.5, 0.6) is 0 Å². The fraction of sp³-hybridized carbons (Fsp3) is 0. The van der Waals surface area contributed by atoms with Gasteiger partial charge in [-0.2, -0.15) is 5.10 Å². The predicted molar refractivity (Wildman–Crippen MR) is 112 cm³/mol. The maximum Gasteiger partial charge on any atom is 0.135 e. The van der Waals surface area contributed by atoms with Gasteiger partial charge in [-0.1, -0.05) is 18.2 Å². The molecule has 5 aromatic heterocycles. The van der Waals surface area contributed by atoms with Crippen LogP contribution in [-0.4, -0.2) is 25.1 Å². The van der Waals surface area contributed by atoms with Crippen molar-refractivity contribution in [2.45, 2.75) is 0 Å². The maximum absolute atomic E-state index is 5.27. The van der Waals surface area contributed by atoms with Crippen molar-refractivity contribution in [3.63, 3.8) is 0 Å². The van der Waals surface area contributed by atoms with Gasteiger partial charge in [0.1, 0.15) is 11.2 Å². The minimum Gasteiger partial charge on any atom is -0.472 e. The summed E-state index contributed by atoms with van der Waals surface area (Å²) in [6, 6.07) is 20.0. The van der Waals surface area contributed by atoms with Crippen molar-refractivity contribution in [3.05, 3.63) is 79.4 Å². The molecule has 0 atom stereocenters. The molecule has 0 radical (unpaired) electrons. The van der Waals surface area contributed by atoms with Crippen molar-refractivity contribution in [2.24, 2.45) is 0 Å². The van der Waals surface area contributed by atoms with Crippen molar-refractivity contribution < 1.29 is 4.42 Å². The summed E-state index contributed by atoms with van der Waals surface area (Å²) in [7, 11) is 0. The van der Waals surface area contributed by atoms with Crippen LogP contribution in [0.4, 0.5) is 0 Å². The molecule has 2 N–H and O–H groups in total. The molecule has 0 aliphatic rings. The van der Waals surface area contributed by atoms with Gasteiger partial charge < -0.3 is 9.40 Å². The van der Waals surface area contributed by atoms with Crippen molar-refractivity contribution in [1.29, 1.82) is 0 Å². The molecule has 0 saturated carbocycles. The lowest BCUT2D eigenvalue weighted by Crippen LogP contribution is -1.87. The molecule has 1 aromatic carbocycles. The van der Waals surface area contributed by atoms with Crippen LogP contribution < -0.4 is 0 Å². The van der Waals surface area contributed by atoms with Gasteiger partial charge in [0.25, 0.3) is 0 Å². The Balaban J connectivity index is 1.53. The second-order valence-electron chi connectivity index (χ2n) is 6.84. The lowest BCUT2D eigenvalue weighted by atomic mass is 10.0. The molecular formula is C23H15N5O. The van der Waals surface area contributed by atoms with Gasteiger partial charge >= 0.3 is 0 Å². The average Bonchev–Trinajstić information content (AvgIpc) is 3.52. The highest BCUT2D eigenvalue weighted by Gasteiger charge is 2.15. The van der Waals surface area contributed by atoms with Gasteiger partial charge in [-0.15, -0.1) is 0 Å². The third-order valence-corrected chi connectivity index (χ3v) is 5.09. The highest BCUT2D eigenvalue weighted by Crippen LogP contribution is 2.34. The van der Waals surface area contributed by atoms with Crippen molar-refractivity contribution >= 4 is 21.9 Å². The van der Waals surface area contributed by atoms with E-state index in [-0.39, 0.29) is 0 Å². The molecule has 138 valence electrons. The van der Waals surface area contributed by atoms with Gasteiger partial charge in [0.05, 0.1) is 35.1 Å². The Morgan fingerprint density at radius 2 is 1.86 bits per heavy atom. The first kappa shape index (κ1) is 15.8. The van der Waals surface area contributed by atoms with Crippen LogP contribution in [0.2, 0.25) is 0 Å². The molecule has 0 fully saturated rings. The number of benzene rings is 1. The number of hydrogen-bond donors (Lipinski definition) is 2. The number of nitrogens with zero attached hydrogens (tertiary/aromatic N) is 3. The fourth-order valence-corrected chi connectivity index (χ4v) is 3.70. The Morgan fingerprint density at radius 3 is 2.72 bits per heavy atom. The van der Waals surface area contributed by atoms with Crippen LogP contribution in [0, 0.1) is 0 Å². The zero-order chi connectivity index (χ0) is 19.2. The fourth-order valence-electron chi connectivity index (χ4n) is 3.70. The summed E-state index contributed by atoms with van der Waals surface area (Å²) in [5, 5.41) is 8.73. The van der Waals surface area contributed by atoms with Crippen LogP contribution in [0.25, 0.3) is 55.8 Å². The minimum atomic E-state index is 0.784. The minimum absolute atomic E-state index is 0.784. The van der Waals surface area contributed by atoms with Gasteiger partial charge in [0.2, 0.25) is 0 Å². The standard InChI is InChI=1S/C23H15N5O/c1-2-10-24-18(5-1)19-7-8-20-22(26-19)23(28-27-20)21-12-16-15(14-9-11-29-13-14)4-3-6-17(16)25-21/h1-13,25H,(H,27,28). The van der Waals surface area contributed by atoms with Gasteiger partial charge in [-0.3, -0.25) is 10.1 Å². The Kier molecular flexibility index (Phi) is 3.37. The van der Waals surface area contributed by atoms with Crippen molar-refractivity contribution in [3.8, 4) is 33.9 Å². The van der Waals surface area contributed by atoms with E-state index in [1.807, 2.05) is 42.5 Å². The van der Waals surface area contributed by atoms with Crippen LogP contribution >= 0.6 is 0 Å². The number of hydrogen-bond acceptors (Lipinski definition) is 4. The quantitative estimate of drug-likeness (QED) is 0.431. The Labute approximate surface area is 165 Å². The molecule has 0 spiro atoms. The zero-order valence-electron chi connectivity index (χ0n) is 15.3. The molecule has 29 heavy (non-hydrogen) atoms. The van der Waals surface area contributed by atoms with E-state index in [1.54, 1.807) is 18.7 Å². The largest absolute Gasteiger partial charge is 0.472 e. The van der Waals surface area contributed by atoms with Crippen molar-refractivity contribution in [1.82, 2.24) is 25.1 Å². The van der Waals surface area contributed by atoms with Crippen molar-refractivity contribution in [2.75, 3.05) is 0 Å². The Hall–Kier alpha value is -4.19. The topological polar surface area (TPSA) is 83.4 Å². The molecule has 0 bridgehead atoms. The third-order valence-electron chi connectivity index (χ3n) is 5.09. The lowest BCUT2D eigenvalue weighted by Gasteiger charge is -2.00. The van der Waals surface area contributed by atoms with Gasteiger partial charge in [0, 0.05) is 22.7 Å². The number of fused-ring (bicyclic) bond motifs is 2. The molecule has 0 saturated heterocycles. The van der Waals surface area contributed by atoms with E-state index >= 15 is 0 Å².